The van der Waals surface area contributed by atoms with Crippen LogP contribution in [-0.2, 0) is 14.8 Å². The molecule has 0 bridgehead atoms. The number of fused-ring (bicyclic) bond motifs is 2. The number of morpholine rings is 1. The highest BCUT2D eigenvalue weighted by Gasteiger charge is 2.37. The molecule has 0 unspecified atom stereocenters. The first-order valence-electron chi connectivity index (χ1n) is 14.2. The molecule has 12 nitrogen and oxygen atoms in total. The van der Waals surface area contributed by atoms with E-state index in [2.05, 4.69) is 5.10 Å². The van der Waals surface area contributed by atoms with Crippen LogP contribution in [-0.4, -0.2) is 64.5 Å². The number of allylic oxidation sites excluding steroid dienone is 1. The van der Waals surface area contributed by atoms with E-state index >= 15 is 0 Å². The van der Waals surface area contributed by atoms with Crippen molar-refractivity contribution in [1.82, 2.24) is 19.1 Å². The van der Waals surface area contributed by atoms with E-state index in [0.717, 1.165) is 12.1 Å². The highest BCUT2D eigenvalue weighted by Crippen LogP contribution is 2.37. The molecule has 236 valence electrons. The fourth-order valence-corrected chi connectivity index (χ4v) is 7.26. The number of nitro benzene ring substituents is 1. The largest absolute Gasteiger partial charge is 0.497 e. The topological polar surface area (TPSA) is 147 Å². The van der Waals surface area contributed by atoms with E-state index in [9.17, 15) is 23.3 Å². The standard InChI is InChI=1S/C32H28ClN5O7S/c1-20-30-31(33)26-17-23(44-2)13-16-27(26)34-32(30)37(35-20)29-19-36(46(42,43)25-14-11-22(12-15-25)38(40)41)18-24(45-29)9-6-10-28(39)21-7-4-3-5-8-21/h3-8,10-17,24,29H,9,18-19H2,1-2H3/b10-6+/t24-,29-/m1/s1. The number of nitrogens with zero attached hydrogens (tertiary/aromatic N) is 5. The molecule has 6 rings (SSSR count). The van der Waals surface area contributed by atoms with Crippen molar-refractivity contribution in [2.75, 3.05) is 20.2 Å². The second-order valence-corrected chi connectivity index (χ2v) is 13.0. The SMILES string of the molecule is COc1ccc2nc3c(c(C)nn3[C@H]3CN(S(=O)(=O)c4ccc([N+](=O)[O-])cc4)C[C@@H](C/C=C/C(=O)c4ccccc4)O3)c(Cl)c2c1. The zero-order valence-electron chi connectivity index (χ0n) is 24.7. The van der Waals surface area contributed by atoms with Crippen LogP contribution >= 0.6 is 11.6 Å². The molecule has 0 radical (unpaired) electrons. The van der Waals surface area contributed by atoms with E-state index < -0.39 is 27.3 Å². The van der Waals surface area contributed by atoms with Gasteiger partial charge < -0.3 is 9.47 Å². The molecule has 3 heterocycles. The predicted molar refractivity (Wildman–Crippen MR) is 172 cm³/mol. The lowest BCUT2D eigenvalue weighted by atomic mass is 10.1. The Bertz CT molecular complexity index is 2100. The molecular formula is C32H28ClN5O7S. The number of ether oxygens (including phenoxy) is 2. The van der Waals surface area contributed by atoms with Gasteiger partial charge in [0.2, 0.25) is 10.0 Å². The maximum absolute atomic E-state index is 13.9. The quantitative estimate of drug-likeness (QED) is 0.0817. The third-order valence-corrected chi connectivity index (χ3v) is 9.99. The van der Waals surface area contributed by atoms with Crippen molar-refractivity contribution in [1.29, 1.82) is 0 Å². The monoisotopic (exact) mass is 661 g/mol. The van der Waals surface area contributed by atoms with E-state index in [4.69, 9.17) is 26.1 Å². The van der Waals surface area contributed by atoms with Crippen LogP contribution in [0.5, 0.6) is 5.75 Å². The number of non-ortho nitro benzene ring substituents is 1. The van der Waals surface area contributed by atoms with Gasteiger partial charge in [-0.15, -0.1) is 0 Å². The lowest BCUT2D eigenvalue weighted by Gasteiger charge is -2.37. The molecular weight excluding hydrogens is 634 g/mol. The van der Waals surface area contributed by atoms with Gasteiger partial charge in [-0.05, 0) is 49.8 Å². The van der Waals surface area contributed by atoms with Crippen LogP contribution in [0.15, 0.2) is 89.8 Å². The van der Waals surface area contributed by atoms with Crippen LogP contribution in [0, 0.1) is 17.0 Å². The van der Waals surface area contributed by atoms with E-state index in [1.165, 1.54) is 27.2 Å². The Kier molecular flexibility index (Phi) is 8.57. The Balaban J connectivity index is 1.37. The number of pyridine rings is 1. The number of methoxy groups -OCH3 is 1. The van der Waals surface area contributed by atoms with E-state index in [1.807, 2.05) is 6.07 Å². The summed E-state index contributed by atoms with van der Waals surface area (Å²) in [6.45, 7) is 1.62. The third kappa shape index (κ3) is 5.97. The Hall–Kier alpha value is -4.69. The first-order valence-corrected chi connectivity index (χ1v) is 16.1. The lowest BCUT2D eigenvalue weighted by Crippen LogP contribution is -2.48. The maximum Gasteiger partial charge on any atom is 0.269 e. The number of nitro groups is 1. The highest BCUT2D eigenvalue weighted by molar-refractivity contribution is 7.89. The third-order valence-electron chi connectivity index (χ3n) is 7.75. The Labute approximate surface area is 269 Å². The van der Waals surface area contributed by atoms with Gasteiger partial charge in [0.1, 0.15) is 5.75 Å². The number of aryl methyl sites for hydroxylation is 1. The van der Waals surface area contributed by atoms with Crippen LogP contribution in [0.2, 0.25) is 5.02 Å². The summed E-state index contributed by atoms with van der Waals surface area (Å²) in [7, 11) is -2.56. The molecule has 14 heteroatoms. The van der Waals surface area contributed by atoms with Gasteiger partial charge in [-0.2, -0.15) is 9.40 Å². The highest BCUT2D eigenvalue weighted by atomic mass is 35.5. The van der Waals surface area contributed by atoms with Gasteiger partial charge in [-0.3, -0.25) is 14.9 Å². The number of hydrogen-bond donors (Lipinski definition) is 0. The smallest absolute Gasteiger partial charge is 0.269 e. The second kappa shape index (κ2) is 12.6. The van der Waals surface area contributed by atoms with Gasteiger partial charge in [0, 0.05) is 29.6 Å². The fraction of sp³-hybridized carbons (Fsp3) is 0.219. The summed E-state index contributed by atoms with van der Waals surface area (Å²) < 4.78 is 42.3. The van der Waals surface area contributed by atoms with Crippen LogP contribution < -0.4 is 4.74 Å². The Morgan fingerprint density at radius 1 is 1.13 bits per heavy atom. The molecule has 1 aliphatic heterocycles. The van der Waals surface area contributed by atoms with Crippen molar-refractivity contribution in [3.8, 4) is 5.75 Å². The molecule has 1 saturated heterocycles. The molecule has 46 heavy (non-hydrogen) atoms. The van der Waals surface area contributed by atoms with Gasteiger partial charge in [-0.1, -0.05) is 48.0 Å². The van der Waals surface area contributed by atoms with Gasteiger partial charge >= 0.3 is 0 Å². The molecule has 2 aromatic heterocycles. The number of benzene rings is 3. The number of carbonyl (C=O) groups is 1. The lowest BCUT2D eigenvalue weighted by molar-refractivity contribution is -0.384. The number of rotatable bonds is 9. The number of sulfonamides is 1. The molecule has 0 saturated carbocycles. The Morgan fingerprint density at radius 3 is 2.57 bits per heavy atom. The van der Waals surface area contributed by atoms with Gasteiger partial charge in [0.15, 0.2) is 17.7 Å². The zero-order valence-corrected chi connectivity index (χ0v) is 26.3. The van der Waals surface area contributed by atoms with Gasteiger partial charge in [0.25, 0.3) is 5.69 Å². The first kappa shape index (κ1) is 31.3. The summed E-state index contributed by atoms with van der Waals surface area (Å²) in [5, 5.41) is 17.5. The van der Waals surface area contributed by atoms with Crippen LogP contribution in [0.3, 0.4) is 0 Å². The number of carbonyl (C=O) groups excluding carboxylic acids is 1. The molecule has 0 spiro atoms. The predicted octanol–water partition coefficient (Wildman–Crippen LogP) is 5.88. The molecule has 0 amide bonds. The van der Waals surface area contributed by atoms with Gasteiger partial charge in [-0.25, -0.2) is 18.1 Å². The normalized spacial score (nSPS) is 17.5. The van der Waals surface area contributed by atoms with E-state index in [1.54, 1.807) is 62.6 Å². The van der Waals surface area contributed by atoms with Crippen molar-refractivity contribution >= 4 is 55.0 Å². The summed E-state index contributed by atoms with van der Waals surface area (Å²) in [4.78, 5) is 27.9. The summed E-state index contributed by atoms with van der Waals surface area (Å²) in [6, 6.07) is 18.8. The molecule has 0 aliphatic carbocycles. The molecule has 0 N–H and O–H groups in total. The molecule has 3 aromatic carbocycles. The van der Waals surface area contributed by atoms with Crippen LogP contribution in [0.4, 0.5) is 5.69 Å². The van der Waals surface area contributed by atoms with E-state index in [-0.39, 0.29) is 35.9 Å². The molecule has 2 atom stereocenters. The average Bonchev–Trinajstić information content (AvgIpc) is 3.40. The minimum atomic E-state index is -4.12. The summed E-state index contributed by atoms with van der Waals surface area (Å²) in [6.07, 6.45) is 1.72. The minimum Gasteiger partial charge on any atom is -0.497 e. The molecule has 1 fully saturated rings. The summed E-state index contributed by atoms with van der Waals surface area (Å²) in [5.74, 6) is 0.421. The van der Waals surface area contributed by atoms with Crippen molar-refractivity contribution in [3.05, 3.63) is 111 Å². The summed E-state index contributed by atoms with van der Waals surface area (Å²) >= 11 is 6.87. The number of aromatic nitrogens is 3. The molecule has 5 aromatic rings. The second-order valence-electron chi connectivity index (χ2n) is 10.7. The van der Waals surface area contributed by atoms with Crippen molar-refractivity contribution in [2.45, 2.75) is 30.6 Å². The van der Waals surface area contributed by atoms with Crippen molar-refractivity contribution < 1.29 is 27.6 Å². The fourth-order valence-electron chi connectivity index (χ4n) is 5.42. The molecule has 1 aliphatic rings. The minimum absolute atomic E-state index is 0.0330. The average molecular weight is 662 g/mol. The van der Waals surface area contributed by atoms with E-state index in [0.29, 0.717) is 44.0 Å². The van der Waals surface area contributed by atoms with Crippen LogP contribution in [0.1, 0.15) is 28.7 Å². The number of halogens is 1. The van der Waals surface area contributed by atoms with Gasteiger partial charge in [0.05, 0.1) is 51.2 Å². The van der Waals surface area contributed by atoms with Crippen LogP contribution in [0.25, 0.3) is 21.9 Å². The number of ketones is 1. The summed E-state index contributed by atoms with van der Waals surface area (Å²) in [5.41, 5.74) is 1.87. The zero-order chi connectivity index (χ0) is 32.6. The Morgan fingerprint density at radius 2 is 1.87 bits per heavy atom. The number of hydrogen-bond acceptors (Lipinski definition) is 9. The van der Waals surface area contributed by atoms with Crippen molar-refractivity contribution in [2.24, 2.45) is 0 Å². The first-order chi connectivity index (χ1) is 22.1. The van der Waals surface area contributed by atoms with Crippen molar-refractivity contribution in [3.63, 3.8) is 0 Å². The maximum atomic E-state index is 13.9.